The van der Waals surface area contributed by atoms with Crippen molar-refractivity contribution in [2.45, 2.75) is 13.5 Å². The van der Waals surface area contributed by atoms with Gasteiger partial charge in [0, 0.05) is 25.0 Å². The fraction of sp³-hybridized carbons (Fsp3) is 0.158. The van der Waals surface area contributed by atoms with Crippen molar-refractivity contribution in [1.29, 1.82) is 0 Å². The van der Waals surface area contributed by atoms with Crippen LogP contribution in [0.4, 0.5) is 17.5 Å². The second-order valence-electron chi connectivity index (χ2n) is 5.23. The first-order valence-corrected chi connectivity index (χ1v) is 7.79. The molecule has 0 fully saturated rings. The molecule has 3 aromatic rings. The number of aromatic nitrogens is 2. The fourth-order valence-electron chi connectivity index (χ4n) is 2.39. The van der Waals surface area contributed by atoms with Crippen LogP contribution in [0.15, 0.2) is 72.9 Å². The summed E-state index contributed by atoms with van der Waals surface area (Å²) >= 11 is 0. The molecule has 0 aliphatic rings. The third kappa shape index (κ3) is 4.07. The predicted octanol–water partition coefficient (Wildman–Crippen LogP) is 4.25. The van der Waals surface area contributed by atoms with E-state index in [4.69, 9.17) is 0 Å². The number of hydrogen-bond donors (Lipinski definition) is 1. The minimum atomic E-state index is 0.611. The monoisotopic (exact) mass is 304 g/mol. The molecule has 116 valence electrons. The van der Waals surface area contributed by atoms with Gasteiger partial charge in [0.1, 0.15) is 5.82 Å². The van der Waals surface area contributed by atoms with Gasteiger partial charge in [-0.1, -0.05) is 48.5 Å². The normalized spacial score (nSPS) is 10.3. The average molecular weight is 304 g/mol. The molecule has 1 N–H and O–H groups in total. The lowest BCUT2D eigenvalue weighted by atomic mass is 10.2. The third-order valence-electron chi connectivity index (χ3n) is 3.59. The Morgan fingerprint density at radius 3 is 2.30 bits per heavy atom. The summed E-state index contributed by atoms with van der Waals surface area (Å²) in [7, 11) is 0. The van der Waals surface area contributed by atoms with E-state index in [0.29, 0.717) is 5.95 Å². The summed E-state index contributed by atoms with van der Waals surface area (Å²) < 4.78 is 0. The van der Waals surface area contributed by atoms with Crippen LogP contribution in [0.25, 0.3) is 0 Å². The van der Waals surface area contributed by atoms with E-state index in [1.165, 1.54) is 5.56 Å². The zero-order valence-electron chi connectivity index (χ0n) is 13.2. The van der Waals surface area contributed by atoms with Crippen LogP contribution >= 0.6 is 0 Å². The molecule has 0 aliphatic heterocycles. The summed E-state index contributed by atoms with van der Waals surface area (Å²) in [5.74, 6) is 1.53. The molecule has 4 heteroatoms. The minimum Gasteiger partial charge on any atom is -0.352 e. The van der Waals surface area contributed by atoms with Crippen molar-refractivity contribution in [3.8, 4) is 0 Å². The smallest absolute Gasteiger partial charge is 0.229 e. The van der Waals surface area contributed by atoms with Gasteiger partial charge in [-0.15, -0.1) is 0 Å². The Labute approximate surface area is 136 Å². The van der Waals surface area contributed by atoms with Gasteiger partial charge in [-0.3, -0.25) is 0 Å². The molecule has 0 atom stereocenters. The van der Waals surface area contributed by atoms with Crippen LogP contribution < -0.4 is 10.2 Å². The summed E-state index contributed by atoms with van der Waals surface area (Å²) in [4.78, 5) is 11.2. The van der Waals surface area contributed by atoms with Gasteiger partial charge in [-0.05, 0) is 30.7 Å². The van der Waals surface area contributed by atoms with Crippen molar-refractivity contribution in [3.63, 3.8) is 0 Å². The lowest BCUT2D eigenvalue weighted by Gasteiger charge is -2.22. The quantitative estimate of drug-likeness (QED) is 0.739. The topological polar surface area (TPSA) is 41.1 Å². The van der Waals surface area contributed by atoms with Crippen molar-refractivity contribution in [1.82, 2.24) is 9.97 Å². The first kappa shape index (κ1) is 15.0. The standard InChI is InChI=1S/C19H20N4/c1-2-23(15-16-9-5-3-6-10-16)18-13-14-20-19(22-18)21-17-11-7-4-8-12-17/h3-14H,2,15H2,1H3,(H,20,21,22). The predicted molar refractivity (Wildman–Crippen MR) is 94.9 cm³/mol. The zero-order chi connectivity index (χ0) is 15.9. The van der Waals surface area contributed by atoms with Gasteiger partial charge in [-0.2, -0.15) is 4.98 Å². The van der Waals surface area contributed by atoms with Crippen molar-refractivity contribution >= 4 is 17.5 Å². The molecule has 23 heavy (non-hydrogen) atoms. The van der Waals surface area contributed by atoms with E-state index >= 15 is 0 Å². The molecule has 0 unspecified atom stereocenters. The molecule has 0 bridgehead atoms. The van der Waals surface area contributed by atoms with E-state index < -0.39 is 0 Å². The molecule has 3 rings (SSSR count). The van der Waals surface area contributed by atoms with E-state index in [2.05, 4.69) is 51.4 Å². The van der Waals surface area contributed by atoms with Gasteiger partial charge in [0.05, 0.1) is 0 Å². The maximum absolute atomic E-state index is 4.64. The zero-order valence-corrected chi connectivity index (χ0v) is 13.2. The lowest BCUT2D eigenvalue weighted by molar-refractivity contribution is 0.811. The highest BCUT2D eigenvalue weighted by atomic mass is 15.2. The van der Waals surface area contributed by atoms with Gasteiger partial charge in [0.15, 0.2) is 0 Å². The van der Waals surface area contributed by atoms with Crippen molar-refractivity contribution in [2.24, 2.45) is 0 Å². The summed E-state index contributed by atoms with van der Waals surface area (Å²) in [5.41, 5.74) is 2.25. The van der Waals surface area contributed by atoms with Gasteiger partial charge < -0.3 is 10.2 Å². The molecule has 0 aliphatic carbocycles. The highest BCUT2D eigenvalue weighted by molar-refractivity contribution is 5.54. The Bertz CT molecular complexity index is 729. The molecule has 1 heterocycles. The van der Waals surface area contributed by atoms with Crippen LogP contribution in [0.5, 0.6) is 0 Å². The van der Waals surface area contributed by atoms with Gasteiger partial charge in [0.2, 0.25) is 5.95 Å². The summed E-state index contributed by atoms with van der Waals surface area (Å²) in [6.45, 7) is 3.85. The Morgan fingerprint density at radius 1 is 0.913 bits per heavy atom. The molecular formula is C19H20N4. The largest absolute Gasteiger partial charge is 0.352 e. The van der Waals surface area contributed by atoms with Crippen molar-refractivity contribution < 1.29 is 0 Å². The summed E-state index contributed by atoms with van der Waals surface area (Å²) in [6, 6.07) is 22.3. The van der Waals surface area contributed by atoms with Crippen LogP contribution in [-0.4, -0.2) is 16.5 Å². The number of benzene rings is 2. The maximum atomic E-state index is 4.64. The molecular weight excluding hydrogens is 284 g/mol. The highest BCUT2D eigenvalue weighted by Crippen LogP contribution is 2.18. The second-order valence-corrected chi connectivity index (χ2v) is 5.23. The van der Waals surface area contributed by atoms with E-state index in [1.807, 2.05) is 42.5 Å². The minimum absolute atomic E-state index is 0.611. The number of para-hydroxylation sites is 1. The van der Waals surface area contributed by atoms with Crippen LogP contribution in [0.2, 0.25) is 0 Å². The molecule has 2 aromatic carbocycles. The van der Waals surface area contributed by atoms with Crippen molar-refractivity contribution in [3.05, 3.63) is 78.5 Å². The Morgan fingerprint density at radius 2 is 1.61 bits per heavy atom. The second kappa shape index (κ2) is 7.40. The van der Waals surface area contributed by atoms with E-state index in [9.17, 15) is 0 Å². The van der Waals surface area contributed by atoms with Gasteiger partial charge in [-0.25, -0.2) is 4.98 Å². The first-order valence-electron chi connectivity index (χ1n) is 7.79. The number of rotatable bonds is 6. The highest BCUT2D eigenvalue weighted by Gasteiger charge is 2.08. The Kier molecular flexibility index (Phi) is 4.84. The van der Waals surface area contributed by atoms with Gasteiger partial charge in [0.25, 0.3) is 0 Å². The molecule has 0 spiro atoms. The average Bonchev–Trinajstić information content (AvgIpc) is 2.62. The number of nitrogens with one attached hydrogen (secondary N) is 1. The maximum Gasteiger partial charge on any atom is 0.229 e. The number of anilines is 3. The van der Waals surface area contributed by atoms with Gasteiger partial charge >= 0.3 is 0 Å². The SMILES string of the molecule is CCN(Cc1ccccc1)c1ccnc(Nc2ccccc2)n1. The molecule has 1 aromatic heterocycles. The first-order chi connectivity index (χ1) is 11.3. The molecule has 0 amide bonds. The Balaban J connectivity index is 1.77. The van der Waals surface area contributed by atoms with E-state index in [0.717, 1.165) is 24.6 Å². The molecule has 0 saturated heterocycles. The van der Waals surface area contributed by atoms with Crippen LogP contribution in [0.3, 0.4) is 0 Å². The van der Waals surface area contributed by atoms with Crippen LogP contribution in [-0.2, 0) is 6.54 Å². The summed E-state index contributed by atoms with van der Waals surface area (Å²) in [5, 5.41) is 3.24. The van der Waals surface area contributed by atoms with Crippen LogP contribution in [0.1, 0.15) is 12.5 Å². The third-order valence-corrected chi connectivity index (χ3v) is 3.59. The fourth-order valence-corrected chi connectivity index (χ4v) is 2.39. The molecule has 0 saturated carbocycles. The van der Waals surface area contributed by atoms with Crippen LogP contribution in [0, 0.1) is 0 Å². The van der Waals surface area contributed by atoms with Crippen molar-refractivity contribution in [2.75, 3.05) is 16.8 Å². The molecule has 4 nitrogen and oxygen atoms in total. The summed E-state index contributed by atoms with van der Waals surface area (Å²) in [6.07, 6.45) is 1.79. The molecule has 0 radical (unpaired) electrons. The number of hydrogen-bond acceptors (Lipinski definition) is 4. The van der Waals surface area contributed by atoms with E-state index in [-0.39, 0.29) is 0 Å². The Hall–Kier alpha value is -2.88. The van der Waals surface area contributed by atoms with E-state index in [1.54, 1.807) is 6.20 Å². The lowest BCUT2D eigenvalue weighted by Crippen LogP contribution is -2.23. The number of nitrogens with zero attached hydrogens (tertiary/aromatic N) is 3.